The molecule has 0 radical (unpaired) electrons. The fraction of sp³-hybridized carbons (Fsp3) is 0.250. The van der Waals surface area contributed by atoms with Gasteiger partial charge in [-0.05, 0) is 48.9 Å². The van der Waals surface area contributed by atoms with Gasteiger partial charge in [-0.25, -0.2) is 12.7 Å². The summed E-state index contributed by atoms with van der Waals surface area (Å²) in [7, 11) is -1.09. The quantitative estimate of drug-likeness (QED) is 0.658. The molecule has 0 bridgehead atoms. The second-order valence-electron chi connectivity index (χ2n) is 6.33. The molecule has 1 amide bonds. The molecule has 10 heteroatoms. The normalized spacial score (nSPS) is 12.4. The van der Waals surface area contributed by atoms with E-state index in [1.54, 1.807) is 6.92 Å². The minimum absolute atomic E-state index is 0.117. The van der Waals surface area contributed by atoms with Crippen LogP contribution < -0.4 is 10.1 Å². The van der Waals surface area contributed by atoms with Gasteiger partial charge in [0.15, 0.2) is 0 Å². The fourth-order valence-corrected chi connectivity index (χ4v) is 3.48. The third kappa shape index (κ3) is 5.83. The van der Waals surface area contributed by atoms with Crippen LogP contribution in [-0.2, 0) is 21.0 Å². The van der Waals surface area contributed by atoms with E-state index in [2.05, 4.69) is 5.32 Å². The molecule has 0 spiro atoms. The lowest BCUT2D eigenvalue weighted by Crippen LogP contribution is -2.23. The van der Waals surface area contributed by atoms with Gasteiger partial charge >= 0.3 is 6.18 Å². The maximum atomic E-state index is 12.8. The standard InChI is InChI=1S/C20H21F3N2O4S/c1-4-29-17-10-9-16(13-18(17)30(27,28)25(2)3)24-19(26)11-8-14-6-5-7-15(12-14)20(21,22)23/h5-13H,4H2,1-3H3,(H,24,26)/b11-8+. The number of alkyl halides is 3. The third-order valence-electron chi connectivity index (χ3n) is 3.91. The molecule has 2 aromatic rings. The number of benzene rings is 2. The largest absolute Gasteiger partial charge is 0.492 e. The van der Waals surface area contributed by atoms with Gasteiger partial charge in [0, 0.05) is 25.9 Å². The molecule has 30 heavy (non-hydrogen) atoms. The Morgan fingerprint density at radius 3 is 2.47 bits per heavy atom. The molecule has 2 aromatic carbocycles. The number of anilines is 1. The first kappa shape index (κ1) is 23.4. The highest BCUT2D eigenvalue weighted by Crippen LogP contribution is 2.30. The van der Waals surface area contributed by atoms with Gasteiger partial charge in [0.05, 0.1) is 12.2 Å². The van der Waals surface area contributed by atoms with Crippen molar-refractivity contribution >= 4 is 27.7 Å². The highest BCUT2D eigenvalue weighted by molar-refractivity contribution is 7.89. The molecule has 0 aliphatic carbocycles. The minimum atomic E-state index is -4.48. The van der Waals surface area contributed by atoms with Crippen LogP contribution in [0.5, 0.6) is 5.75 Å². The van der Waals surface area contributed by atoms with Crippen molar-refractivity contribution in [2.75, 3.05) is 26.0 Å². The van der Waals surface area contributed by atoms with Crippen molar-refractivity contribution in [2.24, 2.45) is 0 Å². The molecule has 0 saturated heterocycles. The lowest BCUT2D eigenvalue weighted by atomic mass is 10.1. The first-order valence-electron chi connectivity index (χ1n) is 8.81. The number of halogens is 3. The lowest BCUT2D eigenvalue weighted by Gasteiger charge is -2.16. The Bertz CT molecular complexity index is 1050. The van der Waals surface area contributed by atoms with Gasteiger partial charge in [-0.15, -0.1) is 0 Å². The Kier molecular flexibility index (Phi) is 7.27. The van der Waals surface area contributed by atoms with Crippen LogP contribution in [0.3, 0.4) is 0 Å². The zero-order valence-corrected chi connectivity index (χ0v) is 17.3. The van der Waals surface area contributed by atoms with Crippen LogP contribution >= 0.6 is 0 Å². The molecule has 0 aromatic heterocycles. The zero-order chi connectivity index (χ0) is 22.5. The molecule has 0 unspecified atom stereocenters. The van der Waals surface area contributed by atoms with E-state index in [4.69, 9.17) is 4.74 Å². The number of hydrogen-bond acceptors (Lipinski definition) is 4. The van der Waals surface area contributed by atoms with E-state index in [1.165, 1.54) is 50.5 Å². The van der Waals surface area contributed by atoms with E-state index in [0.29, 0.717) is 0 Å². The van der Waals surface area contributed by atoms with Crippen LogP contribution in [0.15, 0.2) is 53.4 Å². The van der Waals surface area contributed by atoms with Gasteiger partial charge < -0.3 is 10.1 Å². The minimum Gasteiger partial charge on any atom is -0.492 e. The highest BCUT2D eigenvalue weighted by Gasteiger charge is 2.30. The number of sulfonamides is 1. The molecule has 0 atom stereocenters. The molecule has 6 nitrogen and oxygen atoms in total. The summed E-state index contributed by atoms with van der Waals surface area (Å²) in [5, 5.41) is 2.49. The Balaban J connectivity index is 2.24. The number of carbonyl (C=O) groups is 1. The fourth-order valence-electron chi connectivity index (χ4n) is 2.43. The molecule has 0 fully saturated rings. The van der Waals surface area contributed by atoms with E-state index in [1.807, 2.05) is 0 Å². The van der Waals surface area contributed by atoms with Crippen molar-refractivity contribution < 1.29 is 31.1 Å². The summed E-state index contributed by atoms with van der Waals surface area (Å²) in [4.78, 5) is 12.0. The van der Waals surface area contributed by atoms with E-state index >= 15 is 0 Å². The second-order valence-corrected chi connectivity index (χ2v) is 8.45. The van der Waals surface area contributed by atoms with Crippen LogP contribution in [0.1, 0.15) is 18.1 Å². The molecule has 0 aliphatic heterocycles. The van der Waals surface area contributed by atoms with Crippen molar-refractivity contribution in [3.8, 4) is 5.75 Å². The van der Waals surface area contributed by atoms with E-state index in [9.17, 15) is 26.4 Å². The summed E-state index contributed by atoms with van der Waals surface area (Å²) in [5.41, 5.74) is -0.435. The monoisotopic (exact) mass is 442 g/mol. The summed E-state index contributed by atoms with van der Waals surface area (Å²) < 4.78 is 69.7. The smallest absolute Gasteiger partial charge is 0.416 e. The topological polar surface area (TPSA) is 75.7 Å². The van der Waals surface area contributed by atoms with Gasteiger partial charge in [-0.3, -0.25) is 4.79 Å². The Morgan fingerprint density at radius 1 is 1.17 bits per heavy atom. The van der Waals surface area contributed by atoms with Crippen LogP contribution in [0.25, 0.3) is 6.08 Å². The van der Waals surface area contributed by atoms with E-state index in [-0.39, 0.29) is 28.5 Å². The molecule has 2 rings (SSSR count). The van der Waals surface area contributed by atoms with Gasteiger partial charge in [-0.2, -0.15) is 13.2 Å². The number of hydrogen-bond donors (Lipinski definition) is 1. The van der Waals surface area contributed by atoms with Crippen LogP contribution in [-0.4, -0.2) is 39.3 Å². The molecule has 0 aliphatic rings. The highest BCUT2D eigenvalue weighted by atomic mass is 32.2. The molecular formula is C20H21F3N2O4S. The van der Waals surface area contributed by atoms with Crippen LogP contribution in [0.2, 0.25) is 0 Å². The number of amides is 1. The van der Waals surface area contributed by atoms with Crippen molar-refractivity contribution in [3.05, 3.63) is 59.7 Å². The van der Waals surface area contributed by atoms with Gasteiger partial charge in [0.25, 0.3) is 0 Å². The predicted octanol–water partition coefficient (Wildman–Crippen LogP) is 4.01. The molecule has 1 N–H and O–H groups in total. The zero-order valence-electron chi connectivity index (χ0n) is 16.5. The van der Waals surface area contributed by atoms with Gasteiger partial charge in [0.2, 0.25) is 15.9 Å². The van der Waals surface area contributed by atoms with Crippen molar-refractivity contribution in [1.29, 1.82) is 0 Å². The average molecular weight is 442 g/mol. The Labute approximate surface area is 173 Å². The lowest BCUT2D eigenvalue weighted by molar-refractivity contribution is -0.137. The maximum absolute atomic E-state index is 12.8. The molecule has 0 saturated carbocycles. The first-order valence-corrected chi connectivity index (χ1v) is 10.2. The Morgan fingerprint density at radius 2 is 1.87 bits per heavy atom. The van der Waals surface area contributed by atoms with Crippen molar-refractivity contribution in [3.63, 3.8) is 0 Å². The summed E-state index contributed by atoms with van der Waals surface area (Å²) in [6, 6.07) is 8.67. The number of ether oxygens (including phenoxy) is 1. The SMILES string of the molecule is CCOc1ccc(NC(=O)/C=C/c2cccc(C(F)(F)F)c2)cc1S(=O)(=O)N(C)C. The maximum Gasteiger partial charge on any atom is 0.416 e. The van der Waals surface area contributed by atoms with Crippen LogP contribution in [0.4, 0.5) is 18.9 Å². The summed E-state index contributed by atoms with van der Waals surface area (Å²) in [6.45, 7) is 1.96. The average Bonchev–Trinajstić information content (AvgIpc) is 2.67. The van der Waals surface area contributed by atoms with Crippen LogP contribution in [0, 0.1) is 0 Å². The predicted molar refractivity (Wildman–Crippen MR) is 108 cm³/mol. The number of nitrogens with zero attached hydrogens (tertiary/aromatic N) is 1. The summed E-state index contributed by atoms with van der Waals surface area (Å²) in [5.74, 6) is -0.492. The van der Waals surface area contributed by atoms with Crippen molar-refractivity contribution in [1.82, 2.24) is 4.31 Å². The summed E-state index contributed by atoms with van der Waals surface area (Å²) in [6.07, 6.45) is -2.19. The molecule has 0 heterocycles. The molecule has 162 valence electrons. The summed E-state index contributed by atoms with van der Waals surface area (Å²) >= 11 is 0. The second kappa shape index (κ2) is 9.31. The number of nitrogens with one attached hydrogen (secondary N) is 1. The molecular weight excluding hydrogens is 421 g/mol. The number of rotatable bonds is 7. The first-order chi connectivity index (χ1) is 13.9. The van der Waals surface area contributed by atoms with Gasteiger partial charge in [0.1, 0.15) is 10.6 Å². The van der Waals surface area contributed by atoms with Gasteiger partial charge in [-0.1, -0.05) is 12.1 Å². The number of carbonyl (C=O) groups excluding carboxylic acids is 1. The Hall–Kier alpha value is -2.85. The van der Waals surface area contributed by atoms with E-state index < -0.39 is 27.7 Å². The van der Waals surface area contributed by atoms with Crippen molar-refractivity contribution in [2.45, 2.75) is 18.0 Å². The third-order valence-corrected chi connectivity index (χ3v) is 5.75. The van der Waals surface area contributed by atoms with E-state index in [0.717, 1.165) is 22.5 Å².